The Morgan fingerprint density at radius 3 is 2.69 bits per heavy atom. The lowest BCUT2D eigenvalue weighted by molar-refractivity contribution is 0.150. The van der Waals surface area contributed by atoms with Crippen LogP contribution in [0.25, 0.3) is 0 Å². The molecule has 1 aliphatic heterocycles. The molecule has 3 rings (SSSR count). The van der Waals surface area contributed by atoms with Gasteiger partial charge in [0.05, 0.1) is 5.60 Å². The zero-order valence-corrected chi connectivity index (χ0v) is 7.12. The predicted octanol–water partition coefficient (Wildman–Crippen LogP) is 1.40. The Labute approximate surface area is 75.9 Å². The molecule has 1 aliphatic carbocycles. The van der Waals surface area contributed by atoms with Gasteiger partial charge >= 0.3 is 0 Å². The van der Waals surface area contributed by atoms with Crippen molar-refractivity contribution in [3.8, 4) is 11.5 Å². The van der Waals surface area contributed by atoms with Gasteiger partial charge in [-0.25, -0.2) is 0 Å². The van der Waals surface area contributed by atoms with Gasteiger partial charge in [0.1, 0.15) is 0 Å². The number of ether oxygens (including phenoxy) is 2. The van der Waals surface area contributed by atoms with Gasteiger partial charge in [0.15, 0.2) is 11.5 Å². The van der Waals surface area contributed by atoms with E-state index in [9.17, 15) is 5.11 Å². The lowest BCUT2D eigenvalue weighted by Crippen LogP contribution is -2.03. The van der Waals surface area contributed by atoms with E-state index in [2.05, 4.69) is 0 Å². The van der Waals surface area contributed by atoms with Gasteiger partial charge in [0, 0.05) is 0 Å². The standard InChI is InChI=1S/C10H10O3/c11-10(3-4-10)7-1-2-8-9(5-7)13-6-12-8/h1-2,5,11H,3-4,6H2. The average molecular weight is 178 g/mol. The third-order valence-corrected chi connectivity index (χ3v) is 2.63. The molecule has 1 saturated carbocycles. The first kappa shape index (κ1) is 7.21. The topological polar surface area (TPSA) is 38.7 Å². The highest BCUT2D eigenvalue weighted by Crippen LogP contribution is 2.47. The van der Waals surface area contributed by atoms with Crippen LogP contribution in [0.5, 0.6) is 11.5 Å². The van der Waals surface area contributed by atoms with Gasteiger partial charge < -0.3 is 14.6 Å². The molecule has 0 amide bonds. The maximum atomic E-state index is 9.83. The maximum absolute atomic E-state index is 9.83. The minimum Gasteiger partial charge on any atom is -0.454 e. The summed E-state index contributed by atoms with van der Waals surface area (Å²) in [6.45, 7) is 0.289. The molecule has 0 atom stereocenters. The highest BCUT2D eigenvalue weighted by atomic mass is 16.7. The summed E-state index contributed by atoms with van der Waals surface area (Å²) in [5, 5.41) is 9.83. The molecule has 0 spiro atoms. The van der Waals surface area contributed by atoms with Gasteiger partial charge in [0.2, 0.25) is 6.79 Å². The van der Waals surface area contributed by atoms with E-state index in [0.717, 1.165) is 29.9 Å². The van der Waals surface area contributed by atoms with Crippen molar-refractivity contribution in [2.75, 3.05) is 6.79 Å². The average Bonchev–Trinajstić information content (AvgIpc) is 2.74. The number of hydrogen-bond acceptors (Lipinski definition) is 3. The lowest BCUT2D eigenvalue weighted by atomic mass is 10.1. The molecule has 0 radical (unpaired) electrons. The normalized spacial score (nSPS) is 21.6. The van der Waals surface area contributed by atoms with Crippen LogP contribution < -0.4 is 9.47 Å². The molecule has 1 fully saturated rings. The Morgan fingerprint density at radius 1 is 1.15 bits per heavy atom. The van der Waals surface area contributed by atoms with Crippen molar-refractivity contribution in [1.29, 1.82) is 0 Å². The molecule has 0 bridgehead atoms. The summed E-state index contributed by atoms with van der Waals surface area (Å²) in [5.74, 6) is 1.52. The van der Waals surface area contributed by atoms with Crippen LogP contribution in [0, 0.1) is 0 Å². The number of hydrogen-bond donors (Lipinski definition) is 1. The fourth-order valence-corrected chi connectivity index (χ4v) is 1.59. The van der Waals surface area contributed by atoms with Gasteiger partial charge in [-0.2, -0.15) is 0 Å². The monoisotopic (exact) mass is 178 g/mol. The molecular formula is C10H10O3. The van der Waals surface area contributed by atoms with Crippen LogP contribution in [0.15, 0.2) is 18.2 Å². The van der Waals surface area contributed by atoms with Crippen molar-refractivity contribution in [2.45, 2.75) is 18.4 Å². The smallest absolute Gasteiger partial charge is 0.231 e. The highest BCUT2D eigenvalue weighted by molar-refractivity contribution is 5.46. The summed E-state index contributed by atoms with van der Waals surface area (Å²) < 4.78 is 10.4. The van der Waals surface area contributed by atoms with E-state index >= 15 is 0 Å². The zero-order valence-electron chi connectivity index (χ0n) is 7.12. The van der Waals surface area contributed by atoms with Crippen LogP contribution in [-0.2, 0) is 5.60 Å². The molecule has 1 heterocycles. The number of fused-ring (bicyclic) bond motifs is 1. The van der Waals surface area contributed by atoms with E-state index in [4.69, 9.17) is 9.47 Å². The second-order valence-corrected chi connectivity index (χ2v) is 3.60. The van der Waals surface area contributed by atoms with Crippen molar-refractivity contribution >= 4 is 0 Å². The molecule has 0 aromatic heterocycles. The van der Waals surface area contributed by atoms with Gasteiger partial charge in [-0.1, -0.05) is 6.07 Å². The summed E-state index contributed by atoms with van der Waals surface area (Å²) in [5.41, 5.74) is 0.359. The van der Waals surface area contributed by atoms with E-state index in [-0.39, 0.29) is 6.79 Å². The Hall–Kier alpha value is -1.22. The Morgan fingerprint density at radius 2 is 1.92 bits per heavy atom. The third-order valence-electron chi connectivity index (χ3n) is 2.63. The first-order chi connectivity index (χ1) is 6.28. The van der Waals surface area contributed by atoms with Crippen molar-refractivity contribution in [2.24, 2.45) is 0 Å². The molecule has 13 heavy (non-hydrogen) atoms. The number of rotatable bonds is 1. The van der Waals surface area contributed by atoms with Crippen LogP contribution in [-0.4, -0.2) is 11.9 Å². The van der Waals surface area contributed by atoms with Crippen LogP contribution in [0.2, 0.25) is 0 Å². The third kappa shape index (κ3) is 1.00. The Balaban J connectivity index is 2.05. The Kier molecular flexibility index (Phi) is 1.21. The molecule has 3 nitrogen and oxygen atoms in total. The van der Waals surface area contributed by atoms with E-state index in [0.29, 0.717) is 0 Å². The van der Waals surface area contributed by atoms with E-state index < -0.39 is 5.60 Å². The largest absolute Gasteiger partial charge is 0.454 e. The summed E-state index contributed by atoms with van der Waals surface area (Å²) in [6.07, 6.45) is 1.71. The minimum absolute atomic E-state index is 0.289. The zero-order chi connectivity index (χ0) is 8.89. The molecular weight excluding hydrogens is 168 g/mol. The molecule has 2 aliphatic rings. The van der Waals surface area contributed by atoms with Gasteiger partial charge in [-0.15, -0.1) is 0 Å². The van der Waals surface area contributed by atoms with Crippen molar-refractivity contribution in [1.82, 2.24) is 0 Å². The SMILES string of the molecule is OC1(c2ccc3c(c2)OCO3)CC1. The summed E-state index contributed by atoms with van der Waals surface area (Å²) in [6, 6.07) is 5.63. The lowest BCUT2D eigenvalue weighted by Gasteiger charge is -2.07. The molecule has 68 valence electrons. The minimum atomic E-state index is -0.582. The fraction of sp³-hybridized carbons (Fsp3) is 0.400. The van der Waals surface area contributed by atoms with Crippen LogP contribution in [0.1, 0.15) is 18.4 Å². The second kappa shape index (κ2) is 2.17. The van der Waals surface area contributed by atoms with Crippen LogP contribution in [0.4, 0.5) is 0 Å². The predicted molar refractivity (Wildman–Crippen MR) is 45.7 cm³/mol. The second-order valence-electron chi connectivity index (χ2n) is 3.60. The van der Waals surface area contributed by atoms with Gasteiger partial charge in [0.25, 0.3) is 0 Å². The quantitative estimate of drug-likeness (QED) is 0.706. The Bertz CT molecular complexity index is 355. The van der Waals surface area contributed by atoms with Crippen molar-refractivity contribution in [3.63, 3.8) is 0 Å². The molecule has 0 unspecified atom stereocenters. The molecule has 0 saturated heterocycles. The van der Waals surface area contributed by atoms with Gasteiger partial charge in [-0.3, -0.25) is 0 Å². The molecule has 1 N–H and O–H groups in total. The number of aliphatic hydroxyl groups is 1. The molecule has 3 heteroatoms. The van der Waals surface area contributed by atoms with Crippen LogP contribution >= 0.6 is 0 Å². The highest BCUT2D eigenvalue weighted by Gasteiger charge is 2.42. The first-order valence-electron chi connectivity index (χ1n) is 4.40. The van der Waals surface area contributed by atoms with E-state index in [1.807, 2.05) is 18.2 Å². The molecule has 1 aromatic carbocycles. The van der Waals surface area contributed by atoms with Crippen molar-refractivity contribution < 1.29 is 14.6 Å². The van der Waals surface area contributed by atoms with E-state index in [1.54, 1.807) is 0 Å². The first-order valence-corrected chi connectivity index (χ1v) is 4.40. The molecule has 1 aromatic rings. The van der Waals surface area contributed by atoms with Crippen molar-refractivity contribution in [3.05, 3.63) is 23.8 Å². The van der Waals surface area contributed by atoms with E-state index in [1.165, 1.54) is 0 Å². The summed E-state index contributed by atoms with van der Waals surface area (Å²) in [4.78, 5) is 0. The summed E-state index contributed by atoms with van der Waals surface area (Å²) >= 11 is 0. The number of benzene rings is 1. The van der Waals surface area contributed by atoms with Gasteiger partial charge in [-0.05, 0) is 30.5 Å². The van der Waals surface area contributed by atoms with Crippen LogP contribution in [0.3, 0.4) is 0 Å². The maximum Gasteiger partial charge on any atom is 0.231 e. The fourth-order valence-electron chi connectivity index (χ4n) is 1.59. The summed E-state index contributed by atoms with van der Waals surface area (Å²) in [7, 11) is 0.